The van der Waals surface area contributed by atoms with Crippen molar-refractivity contribution in [2.24, 2.45) is 5.73 Å². The number of rotatable bonds is 3. The second-order valence-corrected chi connectivity index (χ2v) is 2.64. The van der Waals surface area contributed by atoms with Crippen LogP contribution in [0.4, 0.5) is 0 Å². The molecule has 2 N–H and O–H groups in total. The number of benzene rings is 1. The minimum Gasteiger partial charge on any atom is -0.366 e. The zero-order valence-electron chi connectivity index (χ0n) is 8.65. The first kappa shape index (κ1) is 12.9. The predicted molar refractivity (Wildman–Crippen MR) is 66.0 cm³/mol. The molecule has 0 saturated carbocycles. The van der Waals surface area contributed by atoms with Gasteiger partial charge in [0.2, 0.25) is 5.91 Å². The number of carbonyl (C=O) groups excluding carboxylic acids is 1. The van der Waals surface area contributed by atoms with E-state index in [9.17, 15) is 4.79 Å². The highest BCUT2D eigenvalue weighted by Crippen LogP contribution is 2.10. The fourth-order valence-electron chi connectivity index (χ4n) is 0.883. The molecule has 1 aromatic rings. The molecule has 15 heavy (non-hydrogen) atoms. The van der Waals surface area contributed by atoms with Gasteiger partial charge < -0.3 is 5.73 Å². The maximum atomic E-state index is 9.47. The second-order valence-electron chi connectivity index (χ2n) is 2.64. The third-order valence-corrected chi connectivity index (χ3v) is 1.64. The van der Waals surface area contributed by atoms with E-state index in [0.717, 1.165) is 17.2 Å². The van der Waals surface area contributed by atoms with E-state index in [1.807, 2.05) is 36.4 Å². The summed E-state index contributed by atoms with van der Waals surface area (Å²) in [6, 6.07) is 8.02. The van der Waals surface area contributed by atoms with E-state index in [4.69, 9.17) is 0 Å². The lowest BCUT2D eigenvalue weighted by atomic mass is 10.1. The topological polar surface area (TPSA) is 43.1 Å². The summed E-state index contributed by atoms with van der Waals surface area (Å²) in [4.78, 5) is 9.47. The third-order valence-electron chi connectivity index (χ3n) is 1.64. The van der Waals surface area contributed by atoms with E-state index >= 15 is 0 Å². The molecule has 0 radical (unpaired) electrons. The molecular weight excluding hydrogens is 186 g/mol. The molecular formula is C13H15NO. The number of hydrogen-bond acceptors (Lipinski definition) is 1. The smallest absolute Gasteiger partial charge is 0.240 e. The SMILES string of the molecule is C=CC(N)=O.C=Cc1ccccc1C=C. The van der Waals surface area contributed by atoms with Crippen molar-refractivity contribution in [3.05, 3.63) is 61.2 Å². The molecule has 78 valence electrons. The Bertz CT molecular complexity index is 340. The Labute approximate surface area is 90.4 Å². The normalized spacial score (nSPS) is 8.00. The van der Waals surface area contributed by atoms with Crippen molar-refractivity contribution in [1.29, 1.82) is 0 Å². The molecule has 0 atom stereocenters. The number of carbonyl (C=O) groups is 1. The number of primary amides is 1. The molecule has 1 rings (SSSR count). The van der Waals surface area contributed by atoms with Crippen LogP contribution in [0.5, 0.6) is 0 Å². The predicted octanol–water partition coefficient (Wildman–Crippen LogP) is 2.63. The van der Waals surface area contributed by atoms with Crippen LogP contribution in [0, 0.1) is 0 Å². The summed E-state index contributed by atoms with van der Waals surface area (Å²) in [5.41, 5.74) is 6.81. The van der Waals surface area contributed by atoms with E-state index in [1.165, 1.54) is 0 Å². The largest absolute Gasteiger partial charge is 0.366 e. The highest BCUT2D eigenvalue weighted by molar-refractivity contribution is 5.84. The van der Waals surface area contributed by atoms with Gasteiger partial charge in [-0.15, -0.1) is 0 Å². The Balaban J connectivity index is 0.000000336. The van der Waals surface area contributed by atoms with Crippen LogP contribution in [0.2, 0.25) is 0 Å². The van der Waals surface area contributed by atoms with Gasteiger partial charge in [0.05, 0.1) is 0 Å². The van der Waals surface area contributed by atoms with Crippen molar-refractivity contribution >= 4 is 18.1 Å². The molecule has 2 nitrogen and oxygen atoms in total. The first-order valence-corrected chi connectivity index (χ1v) is 4.41. The van der Waals surface area contributed by atoms with Crippen LogP contribution in [-0.4, -0.2) is 5.91 Å². The molecule has 0 aliphatic heterocycles. The molecule has 0 unspecified atom stereocenters. The van der Waals surface area contributed by atoms with Gasteiger partial charge in [-0.3, -0.25) is 4.79 Å². The van der Waals surface area contributed by atoms with Crippen LogP contribution in [0.15, 0.2) is 50.1 Å². The Morgan fingerprint density at radius 1 is 1.07 bits per heavy atom. The second kappa shape index (κ2) is 7.33. The van der Waals surface area contributed by atoms with Crippen LogP contribution >= 0.6 is 0 Å². The lowest BCUT2D eigenvalue weighted by Crippen LogP contribution is -2.04. The van der Waals surface area contributed by atoms with Crippen molar-refractivity contribution in [3.63, 3.8) is 0 Å². The van der Waals surface area contributed by atoms with Gasteiger partial charge in [0.25, 0.3) is 0 Å². The van der Waals surface area contributed by atoms with Crippen LogP contribution in [0.3, 0.4) is 0 Å². The molecule has 0 spiro atoms. The van der Waals surface area contributed by atoms with E-state index in [-0.39, 0.29) is 0 Å². The van der Waals surface area contributed by atoms with Gasteiger partial charge in [-0.25, -0.2) is 0 Å². The standard InChI is InChI=1S/C10H10.C3H5NO/c1-3-9-7-5-6-8-10(9)4-2;1-2-3(4)5/h3-8H,1-2H2;2H,1H2,(H2,4,5). The summed E-state index contributed by atoms with van der Waals surface area (Å²) in [6.45, 7) is 10.5. The van der Waals surface area contributed by atoms with Crippen molar-refractivity contribution in [3.8, 4) is 0 Å². The van der Waals surface area contributed by atoms with E-state index < -0.39 is 5.91 Å². The van der Waals surface area contributed by atoms with Gasteiger partial charge in [0.15, 0.2) is 0 Å². The van der Waals surface area contributed by atoms with Crippen molar-refractivity contribution < 1.29 is 4.79 Å². The van der Waals surface area contributed by atoms with Crippen LogP contribution in [0.1, 0.15) is 11.1 Å². The molecule has 0 saturated heterocycles. The van der Waals surface area contributed by atoms with Crippen molar-refractivity contribution in [1.82, 2.24) is 0 Å². The lowest BCUT2D eigenvalue weighted by molar-refractivity contribution is -0.113. The molecule has 0 aliphatic rings. The minimum atomic E-state index is -0.481. The molecule has 1 amide bonds. The summed E-state index contributed by atoms with van der Waals surface area (Å²) in [6.07, 6.45) is 4.72. The Morgan fingerprint density at radius 2 is 1.40 bits per heavy atom. The molecule has 2 heteroatoms. The average Bonchev–Trinajstić information content (AvgIpc) is 2.29. The fourth-order valence-corrected chi connectivity index (χ4v) is 0.883. The molecule has 0 aliphatic carbocycles. The zero-order chi connectivity index (χ0) is 11.7. The van der Waals surface area contributed by atoms with Gasteiger partial charge in [-0.1, -0.05) is 56.2 Å². The average molecular weight is 201 g/mol. The fraction of sp³-hybridized carbons (Fsp3) is 0. The van der Waals surface area contributed by atoms with Gasteiger partial charge >= 0.3 is 0 Å². The van der Waals surface area contributed by atoms with Gasteiger partial charge in [-0.2, -0.15) is 0 Å². The van der Waals surface area contributed by atoms with Crippen molar-refractivity contribution in [2.45, 2.75) is 0 Å². The summed E-state index contributed by atoms with van der Waals surface area (Å²) < 4.78 is 0. The number of nitrogens with two attached hydrogens (primary N) is 1. The maximum absolute atomic E-state index is 9.47. The highest BCUT2D eigenvalue weighted by Gasteiger charge is 1.89. The summed E-state index contributed by atoms with van der Waals surface area (Å²) in [7, 11) is 0. The zero-order valence-corrected chi connectivity index (χ0v) is 8.65. The first-order valence-electron chi connectivity index (χ1n) is 4.41. The van der Waals surface area contributed by atoms with Crippen LogP contribution < -0.4 is 5.73 Å². The number of hydrogen-bond donors (Lipinski definition) is 1. The van der Waals surface area contributed by atoms with Gasteiger partial charge in [0, 0.05) is 0 Å². The monoisotopic (exact) mass is 201 g/mol. The highest BCUT2D eigenvalue weighted by atomic mass is 16.1. The van der Waals surface area contributed by atoms with Crippen molar-refractivity contribution in [2.75, 3.05) is 0 Å². The van der Waals surface area contributed by atoms with Gasteiger partial charge in [-0.05, 0) is 17.2 Å². The van der Waals surface area contributed by atoms with E-state index in [0.29, 0.717) is 0 Å². The van der Waals surface area contributed by atoms with E-state index in [2.05, 4.69) is 25.5 Å². The van der Waals surface area contributed by atoms with E-state index in [1.54, 1.807) is 0 Å². The molecule has 0 aromatic heterocycles. The summed E-state index contributed by atoms with van der Waals surface area (Å²) >= 11 is 0. The molecule has 1 aromatic carbocycles. The molecule has 0 heterocycles. The quantitative estimate of drug-likeness (QED) is 0.750. The maximum Gasteiger partial charge on any atom is 0.240 e. The molecule has 0 fully saturated rings. The van der Waals surface area contributed by atoms with Crippen LogP contribution in [0.25, 0.3) is 12.2 Å². The van der Waals surface area contributed by atoms with Gasteiger partial charge in [0.1, 0.15) is 0 Å². The summed E-state index contributed by atoms with van der Waals surface area (Å²) in [5, 5.41) is 0. The Hall–Kier alpha value is -2.09. The Kier molecular flexibility index (Phi) is 6.31. The lowest BCUT2D eigenvalue weighted by Gasteiger charge is -1.96. The molecule has 0 bridgehead atoms. The third kappa shape index (κ3) is 5.26. The number of amides is 1. The van der Waals surface area contributed by atoms with Crippen LogP contribution in [-0.2, 0) is 4.79 Å². The minimum absolute atomic E-state index is 0.481. The summed E-state index contributed by atoms with van der Waals surface area (Å²) in [5.74, 6) is -0.481. The first-order chi connectivity index (χ1) is 7.15. The Morgan fingerprint density at radius 3 is 1.60 bits per heavy atom.